The van der Waals surface area contributed by atoms with Crippen molar-refractivity contribution in [3.8, 4) is 5.75 Å². The lowest BCUT2D eigenvalue weighted by Crippen LogP contribution is -2.63. The van der Waals surface area contributed by atoms with Crippen LogP contribution in [0.5, 0.6) is 5.75 Å². The molecule has 1 N–H and O–H groups in total. The number of amides is 1. The van der Waals surface area contributed by atoms with Crippen molar-refractivity contribution in [3.63, 3.8) is 0 Å². The molecule has 2 aromatic carbocycles. The summed E-state index contributed by atoms with van der Waals surface area (Å²) in [4.78, 5) is 12.6. The lowest BCUT2D eigenvalue weighted by atomic mass is 9.81. The molecule has 2 aromatic rings. The van der Waals surface area contributed by atoms with E-state index in [9.17, 15) is 17.6 Å². The Morgan fingerprint density at radius 3 is 2.62 bits per heavy atom. The van der Waals surface area contributed by atoms with Crippen LogP contribution in [-0.2, 0) is 14.6 Å². The molecule has 3 atom stereocenters. The van der Waals surface area contributed by atoms with Crippen LogP contribution in [0.1, 0.15) is 24.8 Å². The standard InChI is InChI=1S/C18H15ClFNO4S/c1-18-9-14(13-8-10(19)2-7-15(13)25-18)16(17(22)21-18)26(23,24)12-5-3-11(20)4-6-12/h2-8,14,16H,9H2,1H3,(H,21,22). The van der Waals surface area contributed by atoms with Crippen molar-refractivity contribution in [3.05, 3.63) is 58.9 Å². The highest BCUT2D eigenvalue weighted by Gasteiger charge is 2.54. The number of halogens is 2. The molecule has 0 aliphatic carbocycles. The van der Waals surface area contributed by atoms with Gasteiger partial charge in [-0.1, -0.05) is 11.6 Å². The van der Waals surface area contributed by atoms with Gasteiger partial charge in [0.15, 0.2) is 20.8 Å². The number of benzene rings is 2. The Hall–Kier alpha value is -2.12. The maximum Gasteiger partial charge on any atom is 0.242 e. The van der Waals surface area contributed by atoms with Crippen LogP contribution in [0.3, 0.4) is 0 Å². The van der Waals surface area contributed by atoms with E-state index < -0.39 is 38.5 Å². The number of ether oxygens (including phenoxy) is 1. The largest absolute Gasteiger partial charge is 0.468 e. The summed E-state index contributed by atoms with van der Waals surface area (Å²) in [5.41, 5.74) is -0.405. The fraction of sp³-hybridized carbons (Fsp3) is 0.278. The molecule has 2 heterocycles. The van der Waals surface area contributed by atoms with E-state index >= 15 is 0 Å². The predicted molar refractivity (Wildman–Crippen MR) is 93.4 cm³/mol. The van der Waals surface area contributed by atoms with Gasteiger partial charge in [-0.3, -0.25) is 4.79 Å². The van der Waals surface area contributed by atoms with Gasteiger partial charge < -0.3 is 10.1 Å². The van der Waals surface area contributed by atoms with Crippen molar-refractivity contribution in [1.82, 2.24) is 5.32 Å². The van der Waals surface area contributed by atoms with Gasteiger partial charge in [-0.05, 0) is 49.4 Å². The minimum atomic E-state index is -4.04. The number of hydrogen-bond acceptors (Lipinski definition) is 4. The molecule has 136 valence electrons. The molecular formula is C18H15ClFNO4S. The van der Waals surface area contributed by atoms with Gasteiger partial charge in [0.2, 0.25) is 5.91 Å². The third kappa shape index (κ3) is 2.66. The zero-order valence-corrected chi connectivity index (χ0v) is 15.3. The molecule has 0 aromatic heterocycles. The molecule has 5 nitrogen and oxygen atoms in total. The van der Waals surface area contributed by atoms with Crippen LogP contribution in [0.15, 0.2) is 47.4 Å². The van der Waals surface area contributed by atoms with Crippen molar-refractivity contribution in [2.24, 2.45) is 0 Å². The Balaban J connectivity index is 1.86. The molecule has 1 saturated heterocycles. The Labute approximate surface area is 155 Å². The molecule has 1 fully saturated rings. The molecule has 0 radical (unpaired) electrons. The normalized spacial score (nSPS) is 27.3. The van der Waals surface area contributed by atoms with Crippen molar-refractivity contribution in [1.29, 1.82) is 0 Å². The van der Waals surface area contributed by atoms with Crippen LogP contribution in [-0.4, -0.2) is 25.3 Å². The second-order valence-electron chi connectivity index (χ2n) is 6.73. The zero-order chi connectivity index (χ0) is 18.7. The fourth-order valence-electron chi connectivity index (χ4n) is 3.71. The average molecular weight is 396 g/mol. The summed E-state index contributed by atoms with van der Waals surface area (Å²) in [5, 5.41) is 1.75. The second-order valence-corrected chi connectivity index (χ2v) is 9.24. The first-order valence-corrected chi connectivity index (χ1v) is 9.92. The Morgan fingerprint density at radius 1 is 1.23 bits per heavy atom. The number of sulfone groups is 1. The number of piperidine rings is 1. The van der Waals surface area contributed by atoms with Gasteiger partial charge in [0, 0.05) is 22.9 Å². The molecule has 2 aliphatic rings. The van der Waals surface area contributed by atoms with Crippen LogP contribution < -0.4 is 10.1 Å². The van der Waals surface area contributed by atoms with Gasteiger partial charge in [-0.2, -0.15) is 0 Å². The third-order valence-corrected chi connectivity index (χ3v) is 7.18. The minimum absolute atomic E-state index is 0.0993. The predicted octanol–water partition coefficient (Wildman–Crippen LogP) is 3.03. The van der Waals surface area contributed by atoms with E-state index in [0.717, 1.165) is 12.1 Å². The van der Waals surface area contributed by atoms with Crippen molar-refractivity contribution in [2.75, 3.05) is 0 Å². The number of nitrogens with one attached hydrogen (secondary N) is 1. The summed E-state index contributed by atoms with van der Waals surface area (Å²) in [6, 6.07) is 9.41. The molecule has 26 heavy (non-hydrogen) atoms. The maximum atomic E-state index is 13.2. The smallest absolute Gasteiger partial charge is 0.242 e. The summed E-state index contributed by atoms with van der Waals surface area (Å²) < 4.78 is 45.3. The quantitative estimate of drug-likeness (QED) is 0.793. The van der Waals surface area contributed by atoms with Crippen molar-refractivity contribution in [2.45, 2.75) is 35.1 Å². The number of hydrogen-bond donors (Lipinski definition) is 1. The molecule has 4 rings (SSSR count). The Kier molecular flexibility index (Phi) is 3.79. The van der Waals surface area contributed by atoms with Crippen LogP contribution in [0.25, 0.3) is 0 Å². The van der Waals surface area contributed by atoms with Crippen LogP contribution in [0.2, 0.25) is 5.02 Å². The van der Waals surface area contributed by atoms with Crippen molar-refractivity contribution >= 4 is 27.3 Å². The molecule has 8 heteroatoms. The van der Waals surface area contributed by atoms with Gasteiger partial charge in [-0.15, -0.1) is 0 Å². The second kappa shape index (κ2) is 5.69. The van der Waals surface area contributed by atoms with E-state index in [1.54, 1.807) is 25.1 Å². The van der Waals surface area contributed by atoms with E-state index in [1.807, 2.05) is 0 Å². The molecule has 0 spiro atoms. The summed E-state index contributed by atoms with van der Waals surface area (Å²) in [7, 11) is -4.04. The van der Waals surface area contributed by atoms with E-state index in [-0.39, 0.29) is 11.3 Å². The highest BCUT2D eigenvalue weighted by Crippen LogP contribution is 2.47. The summed E-state index contributed by atoms with van der Waals surface area (Å²) in [6.45, 7) is 1.70. The van der Waals surface area contributed by atoms with Crippen LogP contribution in [0, 0.1) is 5.82 Å². The average Bonchev–Trinajstić information content (AvgIpc) is 2.55. The molecular weight excluding hydrogens is 381 g/mol. The Bertz CT molecular complexity index is 1010. The first-order chi connectivity index (χ1) is 12.2. The number of fused-ring (bicyclic) bond motifs is 4. The number of carbonyl (C=O) groups excluding carboxylic acids is 1. The van der Waals surface area contributed by atoms with E-state index in [1.165, 1.54) is 12.1 Å². The monoisotopic (exact) mass is 395 g/mol. The van der Waals surface area contributed by atoms with Crippen LogP contribution in [0.4, 0.5) is 4.39 Å². The SMILES string of the molecule is CC12CC(c3cc(Cl)ccc3O1)C(S(=O)(=O)c1ccc(F)cc1)C(=O)N2. The van der Waals surface area contributed by atoms with Gasteiger partial charge in [0.25, 0.3) is 0 Å². The van der Waals surface area contributed by atoms with Gasteiger partial charge in [-0.25, -0.2) is 12.8 Å². The molecule has 1 amide bonds. The van der Waals surface area contributed by atoms with Crippen LogP contribution >= 0.6 is 11.6 Å². The lowest BCUT2D eigenvalue weighted by molar-refractivity contribution is -0.132. The van der Waals surface area contributed by atoms with Gasteiger partial charge >= 0.3 is 0 Å². The number of rotatable bonds is 2. The van der Waals surface area contributed by atoms with E-state index in [0.29, 0.717) is 16.3 Å². The topological polar surface area (TPSA) is 72.5 Å². The first kappa shape index (κ1) is 17.3. The summed E-state index contributed by atoms with van der Waals surface area (Å²) >= 11 is 6.07. The summed E-state index contributed by atoms with van der Waals surface area (Å²) in [6.07, 6.45) is 0.289. The maximum absolute atomic E-state index is 13.2. The molecule has 0 saturated carbocycles. The van der Waals surface area contributed by atoms with Gasteiger partial charge in [0.05, 0.1) is 4.90 Å². The Morgan fingerprint density at radius 2 is 1.92 bits per heavy atom. The zero-order valence-electron chi connectivity index (χ0n) is 13.7. The minimum Gasteiger partial charge on any atom is -0.468 e. The van der Waals surface area contributed by atoms with E-state index in [4.69, 9.17) is 16.3 Å². The third-order valence-electron chi connectivity index (χ3n) is 4.80. The first-order valence-electron chi connectivity index (χ1n) is 8.00. The molecule has 2 bridgehead atoms. The molecule has 3 unspecified atom stereocenters. The number of carbonyl (C=O) groups is 1. The lowest BCUT2D eigenvalue weighted by Gasteiger charge is -2.46. The van der Waals surface area contributed by atoms with Gasteiger partial charge in [0.1, 0.15) is 11.6 Å². The summed E-state index contributed by atoms with van der Waals surface area (Å²) in [5.74, 6) is -1.31. The highest BCUT2D eigenvalue weighted by molar-refractivity contribution is 7.92. The fourth-order valence-corrected chi connectivity index (χ4v) is 5.71. The van der Waals surface area contributed by atoms with Crippen molar-refractivity contribution < 1.29 is 22.3 Å². The van der Waals surface area contributed by atoms with E-state index in [2.05, 4.69) is 5.32 Å². The highest BCUT2D eigenvalue weighted by atomic mass is 35.5. The molecule has 2 aliphatic heterocycles.